The molecule has 70 valence electrons. The second-order valence-corrected chi connectivity index (χ2v) is 4.00. The Hall–Kier alpha value is -0.970. The van der Waals surface area contributed by atoms with Crippen molar-refractivity contribution in [2.24, 2.45) is 0 Å². The molecule has 0 aromatic carbocycles. The van der Waals surface area contributed by atoms with Gasteiger partial charge >= 0.3 is 5.97 Å². The lowest BCUT2D eigenvalue weighted by molar-refractivity contribution is 0.0696. The number of nitrogens with zero attached hydrogens (tertiary/aromatic N) is 2. The van der Waals surface area contributed by atoms with Crippen LogP contribution < -0.4 is 0 Å². The molecule has 0 aliphatic heterocycles. The molecule has 1 aromatic rings. The van der Waals surface area contributed by atoms with Gasteiger partial charge in [-0.2, -0.15) is 4.37 Å². The van der Waals surface area contributed by atoms with Crippen LogP contribution in [0.25, 0.3) is 0 Å². The molecular weight excluding hydrogens is 188 g/mol. The lowest BCUT2D eigenvalue weighted by atomic mass is 10.1. The van der Waals surface area contributed by atoms with Gasteiger partial charge in [-0.1, -0.05) is 12.8 Å². The molecule has 0 spiro atoms. The molecule has 0 radical (unpaired) electrons. The van der Waals surface area contributed by atoms with Gasteiger partial charge in [-0.05, 0) is 24.4 Å². The Morgan fingerprint density at radius 3 is 2.69 bits per heavy atom. The van der Waals surface area contributed by atoms with Crippen molar-refractivity contribution in [3.8, 4) is 0 Å². The first-order chi connectivity index (χ1) is 6.27. The average Bonchev–Trinajstić information content (AvgIpc) is 2.75. The van der Waals surface area contributed by atoms with E-state index in [1.807, 2.05) is 0 Å². The Kier molecular flexibility index (Phi) is 2.26. The largest absolute Gasteiger partial charge is 0.476 e. The van der Waals surface area contributed by atoms with Crippen molar-refractivity contribution in [1.29, 1.82) is 0 Å². The van der Waals surface area contributed by atoms with Crippen LogP contribution in [0.1, 0.15) is 47.2 Å². The monoisotopic (exact) mass is 198 g/mol. The molecule has 4 nitrogen and oxygen atoms in total. The van der Waals surface area contributed by atoms with Gasteiger partial charge in [0.15, 0.2) is 0 Å². The lowest BCUT2D eigenvalue weighted by Crippen LogP contribution is -1.98. The molecule has 1 fully saturated rings. The molecule has 1 saturated carbocycles. The summed E-state index contributed by atoms with van der Waals surface area (Å²) in [4.78, 5) is 14.5. The topological polar surface area (TPSA) is 63.1 Å². The van der Waals surface area contributed by atoms with Gasteiger partial charge in [0.1, 0.15) is 5.82 Å². The Morgan fingerprint density at radius 2 is 2.15 bits per heavy atom. The van der Waals surface area contributed by atoms with Gasteiger partial charge in [0.2, 0.25) is 5.01 Å². The summed E-state index contributed by atoms with van der Waals surface area (Å²) in [5, 5.41) is 8.76. The smallest absolute Gasteiger partial charge is 0.366 e. The van der Waals surface area contributed by atoms with Gasteiger partial charge in [-0.25, -0.2) is 9.78 Å². The van der Waals surface area contributed by atoms with E-state index < -0.39 is 5.97 Å². The highest BCUT2D eigenvalue weighted by Gasteiger charge is 2.22. The average molecular weight is 198 g/mol. The third-order valence-electron chi connectivity index (χ3n) is 2.35. The SMILES string of the molecule is O=C(O)c1nc(C2CCCC2)ns1. The summed E-state index contributed by atoms with van der Waals surface area (Å²) in [6.45, 7) is 0. The molecular formula is C8H10N2O2S. The first kappa shape index (κ1) is 8.62. The highest BCUT2D eigenvalue weighted by molar-refractivity contribution is 7.07. The molecule has 0 saturated heterocycles. The van der Waals surface area contributed by atoms with Crippen LogP contribution >= 0.6 is 11.5 Å². The van der Waals surface area contributed by atoms with Gasteiger partial charge in [-0.15, -0.1) is 0 Å². The molecule has 5 heteroatoms. The minimum absolute atomic E-state index is 0.113. The number of hydrogen-bond donors (Lipinski definition) is 1. The highest BCUT2D eigenvalue weighted by Crippen LogP contribution is 2.32. The number of carboxylic acids is 1. The fourth-order valence-corrected chi connectivity index (χ4v) is 2.25. The third-order valence-corrected chi connectivity index (χ3v) is 3.06. The van der Waals surface area contributed by atoms with Gasteiger partial charge < -0.3 is 5.11 Å². The molecule has 1 aromatic heterocycles. The van der Waals surface area contributed by atoms with Crippen molar-refractivity contribution in [2.45, 2.75) is 31.6 Å². The van der Waals surface area contributed by atoms with E-state index in [4.69, 9.17) is 5.11 Å². The summed E-state index contributed by atoms with van der Waals surface area (Å²) < 4.78 is 4.07. The van der Waals surface area contributed by atoms with Crippen molar-refractivity contribution >= 4 is 17.5 Å². The molecule has 1 heterocycles. The number of carbonyl (C=O) groups is 1. The normalized spacial score (nSPS) is 17.8. The minimum atomic E-state index is -0.971. The lowest BCUT2D eigenvalue weighted by Gasteiger charge is -2.00. The summed E-state index contributed by atoms with van der Waals surface area (Å²) in [5.41, 5.74) is 0. The van der Waals surface area contributed by atoms with Crippen LogP contribution in [-0.2, 0) is 0 Å². The quantitative estimate of drug-likeness (QED) is 0.788. The van der Waals surface area contributed by atoms with Crippen LogP contribution in [0.2, 0.25) is 0 Å². The maximum atomic E-state index is 10.5. The highest BCUT2D eigenvalue weighted by atomic mass is 32.1. The number of aromatic carboxylic acids is 1. The van der Waals surface area contributed by atoms with Crippen molar-refractivity contribution in [3.63, 3.8) is 0 Å². The Labute approximate surface area is 79.8 Å². The van der Waals surface area contributed by atoms with Crippen LogP contribution in [0.3, 0.4) is 0 Å². The number of aromatic nitrogens is 2. The van der Waals surface area contributed by atoms with Gasteiger partial charge in [-0.3, -0.25) is 0 Å². The zero-order chi connectivity index (χ0) is 9.26. The van der Waals surface area contributed by atoms with E-state index in [2.05, 4.69) is 9.36 Å². The van der Waals surface area contributed by atoms with Crippen LogP contribution in [-0.4, -0.2) is 20.4 Å². The van der Waals surface area contributed by atoms with E-state index in [0.29, 0.717) is 5.92 Å². The van der Waals surface area contributed by atoms with E-state index >= 15 is 0 Å². The van der Waals surface area contributed by atoms with E-state index in [9.17, 15) is 4.79 Å². The fourth-order valence-electron chi connectivity index (χ4n) is 1.67. The molecule has 2 rings (SSSR count). The molecule has 0 amide bonds. The van der Waals surface area contributed by atoms with E-state index in [1.165, 1.54) is 12.8 Å². The standard InChI is InChI=1S/C8H10N2O2S/c11-8(12)7-9-6(10-13-7)5-3-1-2-4-5/h5H,1-4H2,(H,11,12). The molecule has 0 unspecified atom stereocenters. The van der Waals surface area contributed by atoms with E-state index in [-0.39, 0.29) is 5.01 Å². The van der Waals surface area contributed by atoms with Gasteiger partial charge in [0, 0.05) is 5.92 Å². The van der Waals surface area contributed by atoms with Crippen molar-refractivity contribution in [2.75, 3.05) is 0 Å². The minimum Gasteiger partial charge on any atom is -0.476 e. The molecule has 1 aliphatic rings. The van der Waals surface area contributed by atoms with E-state index in [1.54, 1.807) is 0 Å². The summed E-state index contributed by atoms with van der Waals surface area (Å²) in [6.07, 6.45) is 4.64. The van der Waals surface area contributed by atoms with Gasteiger partial charge in [0.25, 0.3) is 0 Å². The Balaban J connectivity index is 2.16. The summed E-state index contributed by atoms with van der Waals surface area (Å²) >= 11 is 0.984. The first-order valence-electron chi connectivity index (χ1n) is 4.34. The van der Waals surface area contributed by atoms with Crippen molar-refractivity contribution in [1.82, 2.24) is 9.36 Å². The maximum Gasteiger partial charge on any atom is 0.366 e. The van der Waals surface area contributed by atoms with Crippen molar-refractivity contribution in [3.05, 3.63) is 10.8 Å². The fraction of sp³-hybridized carbons (Fsp3) is 0.625. The first-order valence-corrected chi connectivity index (χ1v) is 5.11. The van der Waals surface area contributed by atoms with Crippen LogP contribution in [0, 0.1) is 0 Å². The zero-order valence-electron chi connectivity index (χ0n) is 7.06. The third kappa shape index (κ3) is 1.70. The molecule has 0 atom stereocenters. The summed E-state index contributed by atoms with van der Waals surface area (Å²) in [5.74, 6) is 0.172. The van der Waals surface area contributed by atoms with Crippen LogP contribution in [0.15, 0.2) is 0 Å². The second kappa shape index (κ2) is 3.41. The van der Waals surface area contributed by atoms with Crippen LogP contribution in [0.4, 0.5) is 0 Å². The van der Waals surface area contributed by atoms with Crippen molar-refractivity contribution < 1.29 is 9.90 Å². The molecule has 13 heavy (non-hydrogen) atoms. The number of hydrogen-bond acceptors (Lipinski definition) is 4. The zero-order valence-corrected chi connectivity index (χ0v) is 7.88. The summed E-state index contributed by atoms with van der Waals surface area (Å²) in [7, 11) is 0. The van der Waals surface area contributed by atoms with Gasteiger partial charge in [0.05, 0.1) is 0 Å². The molecule has 0 bridgehead atoms. The summed E-state index contributed by atoms with van der Waals surface area (Å²) in [6, 6.07) is 0. The van der Waals surface area contributed by atoms with Crippen LogP contribution in [0.5, 0.6) is 0 Å². The molecule has 1 aliphatic carbocycles. The predicted octanol–water partition coefficient (Wildman–Crippen LogP) is 1.89. The molecule has 1 N–H and O–H groups in total. The Morgan fingerprint density at radius 1 is 1.46 bits per heavy atom. The van der Waals surface area contributed by atoms with E-state index in [0.717, 1.165) is 30.2 Å². The number of rotatable bonds is 2. The maximum absolute atomic E-state index is 10.5. The number of carboxylic acid groups (broad SMARTS) is 1. The Bertz CT molecular complexity index is 318. The predicted molar refractivity (Wildman–Crippen MR) is 48.1 cm³/mol. The second-order valence-electron chi connectivity index (χ2n) is 3.24.